The number of ether oxygens (including phenoxy) is 1. The van der Waals surface area contributed by atoms with Crippen molar-refractivity contribution < 1.29 is 18.7 Å². The zero-order valence-electron chi connectivity index (χ0n) is 16.2. The smallest absolute Gasteiger partial charge is 0.338 e. The van der Waals surface area contributed by atoms with Crippen molar-refractivity contribution in [3.8, 4) is 0 Å². The third-order valence-electron chi connectivity index (χ3n) is 4.33. The van der Waals surface area contributed by atoms with E-state index in [9.17, 15) is 23.6 Å². The van der Waals surface area contributed by atoms with Crippen LogP contribution in [0.3, 0.4) is 0 Å². The van der Waals surface area contributed by atoms with E-state index in [-0.39, 0.29) is 27.3 Å². The van der Waals surface area contributed by atoms with Gasteiger partial charge in [-0.1, -0.05) is 11.6 Å². The number of carbonyl (C=O) groups is 2. The number of carbonyl (C=O) groups excluding carboxylic acids is 2. The lowest BCUT2D eigenvalue weighted by molar-refractivity contribution is -0.116. The molecule has 11 heteroatoms. The maximum absolute atomic E-state index is 13.3. The van der Waals surface area contributed by atoms with Gasteiger partial charge < -0.3 is 10.1 Å². The molecule has 0 aliphatic carbocycles. The van der Waals surface area contributed by atoms with Crippen molar-refractivity contribution in [3.05, 3.63) is 67.2 Å². The van der Waals surface area contributed by atoms with Gasteiger partial charge >= 0.3 is 11.7 Å². The molecule has 2 aromatic heterocycles. The number of nitrogens with zero attached hydrogens (tertiary/aromatic N) is 3. The van der Waals surface area contributed by atoms with Crippen molar-refractivity contribution in [2.24, 2.45) is 7.05 Å². The molecule has 2 heterocycles. The first-order valence-electron chi connectivity index (χ1n) is 8.58. The average Bonchev–Trinajstić information content (AvgIpc) is 2.71. The van der Waals surface area contributed by atoms with E-state index in [0.717, 1.165) is 17.7 Å². The predicted octanol–water partition coefficient (Wildman–Crippen LogP) is 1.62. The topological polar surface area (TPSA) is 112 Å². The molecule has 0 spiro atoms. The fourth-order valence-electron chi connectivity index (χ4n) is 2.93. The van der Waals surface area contributed by atoms with Crippen LogP contribution in [0.5, 0.6) is 0 Å². The van der Waals surface area contributed by atoms with E-state index in [2.05, 4.69) is 10.3 Å². The number of aryl methyl sites for hydroxylation is 2. The minimum atomic E-state index is -0.867. The molecular weight excluding hydrogens is 419 g/mol. The average molecular weight is 435 g/mol. The summed E-state index contributed by atoms with van der Waals surface area (Å²) in [6.07, 6.45) is 0. The monoisotopic (exact) mass is 434 g/mol. The van der Waals surface area contributed by atoms with Crippen LogP contribution in [0.2, 0.25) is 5.02 Å². The van der Waals surface area contributed by atoms with Crippen molar-refractivity contribution in [3.63, 3.8) is 0 Å². The molecule has 3 aromatic rings. The number of anilines is 1. The minimum absolute atomic E-state index is 0.00706. The Morgan fingerprint density at radius 3 is 2.60 bits per heavy atom. The van der Waals surface area contributed by atoms with E-state index in [1.54, 1.807) is 6.92 Å². The Hall–Kier alpha value is -3.53. The van der Waals surface area contributed by atoms with E-state index in [0.29, 0.717) is 10.3 Å². The van der Waals surface area contributed by atoms with Crippen molar-refractivity contribution in [2.45, 2.75) is 13.5 Å². The van der Waals surface area contributed by atoms with Crippen LogP contribution in [0.4, 0.5) is 10.1 Å². The van der Waals surface area contributed by atoms with Crippen LogP contribution in [-0.4, -0.2) is 33.1 Å². The standard InChI is InChI=1S/C19H16ClFN4O5/c1-9-6-11(18(28)30-3)15-16(22-9)24(2)19(29)25(17(15)27)8-14(26)23-10-4-5-13(21)12(20)7-10/h4-7H,8H2,1-3H3,(H,23,26). The van der Waals surface area contributed by atoms with Gasteiger partial charge in [-0.3, -0.25) is 18.7 Å². The number of pyridine rings is 1. The minimum Gasteiger partial charge on any atom is -0.465 e. The molecule has 1 N–H and O–H groups in total. The van der Waals surface area contributed by atoms with Crippen LogP contribution in [0.1, 0.15) is 16.1 Å². The summed E-state index contributed by atoms with van der Waals surface area (Å²) < 4.78 is 19.7. The fraction of sp³-hybridized carbons (Fsp3) is 0.211. The number of halogens is 2. The first-order chi connectivity index (χ1) is 14.1. The third kappa shape index (κ3) is 3.81. The number of benzene rings is 1. The van der Waals surface area contributed by atoms with E-state index in [4.69, 9.17) is 16.3 Å². The zero-order chi connectivity index (χ0) is 22.2. The van der Waals surface area contributed by atoms with Gasteiger partial charge in [-0.25, -0.2) is 19.0 Å². The number of nitrogens with one attached hydrogen (secondary N) is 1. The molecule has 0 aliphatic heterocycles. The van der Waals surface area contributed by atoms with E-state index >= 15 is 0 Å². The number of esters is 1. The molecule has 0 aliphatic rings. The normalized spacial score (nSPS) is 10.8. The summed E-state index contributed by atoms with van der Waals surface area (Å²) in [6, 6.07) is 4.90. The molecular formula is C19H16ClFN4O5. The Morgan fingerprint density at radius 2 is 1.97 bits per heavy atom. The number of hydrogen-bond donors (Lipinski definition) is 1. The van der Waals surface area contributed by atoms with Crippen LogP contribution in [0.15, 0.2) is 33.9 Å². The number of hydrogen-bond acceptors (Lipinski definition) is 6. The molecule has 0 bridgehead atoms. The molecule has 1 aromatic carbocycles. The van der Waals surface area contributed by atoms with Gasteiger partial charge in [-0.2, -0.15) is 0 Å². The summed E-state index contributed by atoms with van der Waals surface area (Å²) in [4.78, 5) is 54.4. The van der Waals surface area contributed by atoms with Gasteiger partial charge in [0.25, 0.3) is 5.56 Å². The lowest BCUT2D eigenvalue weighted by Gasteiger charge is -2.13. The van der Waals surface area contributed by atoms with Crippen LogP contribution in [-0.2, 0) is 23.1 Å². The number of fused-ring (bicyclic) bond motifs is 1. The van der Waals surface area contributed by atoms with E-state index < -0.39 is 35.5 Å². The van der Waals surface area contributed by atoms with Crippen molar-refractivity contribution in [2.75, 3.05) is 12.4 Å². The Morgan fingerprint density at radius 1 is 1.27 bits per heavy atom. The Kier molecular flexibility index (Phi) is 5.70. The number of methoxy groups -OCH3 is 1. The Bertz CT molecular complexity index is 1310. The molecule has 156 valence electrons. The second-order valence-corrected chi connectivity index (χ2v) is 6.82. The fourth-order valence-corrected chi connectivity index (χ4v) is 3.11. The quantitative estimate of drug-likeness (QED) is 0.624. The lowest BCUT2D eigenvalue weighted by Crippen LogP contribution is -2.42. The van der Waals surface area contributed by atoms with E-state index in [1.165, 1.54) is 25.2 Å². The molecule has 3 rings (SSSR count). The van der Waals surface area contributed by atoms with Crippen LogP contribution >= 0.6 is 11.6 Å². The molecule has 9 nitrogen and oxygen atoms in total. The van der Waals surface area contributed by atoms with Gasteiger partial charge in [-0.15, -0.1) is 0 Å². The van der Waals surface area contributed by atoms with Gasteiger partial charge in [0.05, 0.1) is 23.1 Å². The summed E-state index contributed by atoms with van der Waals surface area (Å²) in [7, 11) is 2.53. The van der Waals surface area contributed by atoms with Gasteiger partial charge in [-0.05, 0) is 31.2 Å². The molecule has 0 atom stereocenters. The summed E-state index contributed by atoms with van der Waals surface area (Å²) >= 11 is 5.68. The summed E-state index contributed by atoms with van der Waals surface area (Å²) in [5.74, 6) is -2.17. The Balaban J connectivity index is 2.10. The highest BCUT2D eigenvalue weighted by atomic mass is 35.5. The van der Waals surface area contributed by atoms with Gasteiger partial charge in [0.15, 0.2) is 0 Å². The van der Waals surface area contributed by atoms with Crippen molar-refractivity contribution >= 4 is 40.2 Å². The first-order valence-corrected chi connectivity index (χ1v) is 8.96. The van der Waals surface area contributed by atoms with Gasteiger partial charge in [0, 0.05) is 18.4 Å². The SMILES string of the molecule is COC(=O)c1cc(C)nc2c1c(=O)n(CC(=O)Nc1ccc(F)c(Cl)c1)c(=O)n2C. The van der Waals surface area contributed by atoms with E-state index in [1.807, 2.05) is 0 Å². The van der Waals surface area contributed by atoms with Crippen LogP contribution < -0.4 is 16.6 Å². The van der Waals surface area contributed by atoms with Crippen molar-refractivity contribution in [1.82, 2.24) is 14.1 Å². The summed E-state index contributed by atoms with van der Waals surface area (Å²) in [5, 5.41) is 2.09. The summed E-state index contributed by atoms with van der Waals surface area (Å²) in [5.41, 5.74) is -1.15. The molecule has 0 saturated carbocycles. The molecule has 0 saturated heterocycles. The Labute approximate surface area is 173 Å². The molecule has 0 fully saturated rings. The number of amides is 1. The summed E-state index contributed by atoms with van der Waals surface area (Å²) in [6.45, 7) is 0.952. The second-order valence-electron chi connectivity index (χ2n) is 6.41. The molecule has 1 amide bonds. The molecule has 30 heavy (non-hydrogen) atoms. The highest BCUT2D eigenvalue weighted by Gasteiger charge is 2.21. The molecule has 0 radical (unpaired) electrons. The van der Waals surface area contributed by atoms with Crippen LogP contribution in [0.25, 0.3) is 11.0 Å². The highest BCUT2D eigenvalue weighted by molar-refractivity contribution is 6.31. The zero-order valence-corrected chi connectivity index (χ0v) is 16.9. The number of aromatic nitrogens is 3. The largest absolute Gasteiger partial charge is 0.465 e. The second kappa shape index (κ2) is 8.07. The molecule has 0 unspecified atom stereocenters. The van der Waals surface area contributed by atoms with Gasteiger partial charge in [0.1, 0.15) is 18.0 Å². The maximum atomic E-state index is 13.3. The predicted molar refractivity (Wildman–Crippen MR) is 107 cm³/mol. The maximum Gasteiger partial charge on any atom is 0.338 e. The number of rotatable bonds is 4. The first kappa shape index (κ1) is 21.2. The van der Waals surface area contributed by atoms with Crippen molar-refractivity contribution in [1.29, 1.82) is 0 Å². The lowest BCUT2D eigenvalue weighted by atomic mass is 10.1. The highest BCUT2D eigenvalue weighted by Crippen LogP contribution is 2.19. The van der Waals surface area contributed by atoms with Crippen LogP contribution in [0, 0.1) is 12.7 Å². The third-order valence-corrected chi connectivity index (χ3v) is 4.62. The van der Waals surface area contributed by atoms with Gasteiger partial charge in [0.2, 0.25) is 5.91 Å².